The van der Waals surface area contributed by atoms with Gasteiger partial charge in [-0.3, -0.25) is 4.79 Å². The molecule has 2 heterocycles. The first-order valence-corrected chi connectivity index (χ1v) is 11.4. The van der Waals surface area contributed by atoms with Crippen molar-refractivity contribution in [3.63, 3.8) is 0 Å². The second-order valence-electron chi connectivity index (χ2n) is 7.68. The maximum atomic E-state index is 12.9. The molecular formula is C17H26N2O2S4. The highest BCUT2D eigenvalue weighted by atomic mass is 32.2. The van der Waals surface area contributed by atoms with Crippen LogP contribution in [0.4, 0.5) is 0 Å². The standard InChI is InChI=1S/C17H26N2O2S4/c1-15(2,18)10-17(5,16(3,4)19)14(20)21-8-11-9-24-13(25-11)12-22-6-7-23-12/h6-7,9H,8,10,18-19H2,1-5H3. The summed E-state index contributed by atoms with van der Waals surface area (Å²) in [6.07, 6.45) is 0.456. The predicted molar refractivity (Wildman–Crippen MR) is 115 cm³/mol. The molecule has 0 saturated carbocycles. The SMILES string of the molecule is CC(C)(N)CC(C)(C(=O)OCC1=CSC(=C2SC=CS2)S1)C(C)(C)N. The van der Waals surface area contributed by atoms with Crippen molar-refractivity contribution in [2.75, 3.05) is 6.61 Å². The van der Waals surface area contributed by atoms with Crippen molar-refractivity contribution in [3.05, 3.63) is 29.6 Å². The number of hydrogen-bond donors (Lipinski definition) is 2. The van der Waals surface area contributed by atoms with Crippen LogP contribution in [0, 0.1) is 5.41 Å². The van der Waals surface area contributed by atoms with Crippen molar-refractivity contribution < 1.29 is 9.53 Å². The molecule has 4 N–H and O–H groups in total. The first kappa shape index (κ1) is 21.3. The highest BCUT2D eigenvalue weighted by Crippen LogP contribution is 2.53. The first-order valence-electron chi connectivity index (χ1n) is 7.93. The van der Waals surface area contributed by atoms with E-state index in [0.717, 1.165) is 4.91 Å². The van der Waals surface area contributed by atoms with E-state index in [1.54, 1.807) is 47.0 Å². The van der Waals surface area contributed by atoms with E-state index in [1.807, 2.05) is 34.6 Å². The van der Waals surface area contributed by atoms with Gasteiger partial charge in [-0.25, -0.2) is 0 Å². The maximum Gasteiger partial charge on any atom is 0.314 e. The summed E-state index contributed by atoms with van der Waals surface area (Å²) in [5.74, 6) is -0.294. The van der Waals surface area contributed by atoms with Crippen molar-refractivity contribution in [3.8, 4) is 0 Å². The molecule has 0 aromatic carbocycles. The smallest absolute Gasteiger partial charge is 0.314 e. The van der Waals surface area contributed by atoms with Crippen molar-refractivity contribution in [2.45, 2.75) is 52.1 Å². The summed E-state index contributed by atoms with van der Waals surface area (Å²) >= 11 is 6.81. The Balaban J connectivity index is 1.99. The van der Waals surface area contributed by atoms with E-state index in [2.05, 4.69) is 16.2 Å². The summed E-state index contributed by atoms with van der Waals surface area (Å²) in [5.41, 5.74) is 10.4. The minimum atomic E-state index is -0.857. The highest BCUT2D eigenvalue weighted by Gasteiger charge is 2.48. The van der Waals surface area contributed by atoms with Gasteiger partial charge in [-0.05, 0) is 57.3 Å². The summed E-state index contributed by atoms with van der Waals surface area (Å²) in [6, 6.07) is 0. The van der Waals surface area contributed by atoms with Crippen LogP contribution in [0.15, 0.2) is 29.6 Å². The lowest BCUT2D eigenvalue weighted by Gasteiger charge is -2.42. The number of nitrogens with two attached hydrogens (primary N) is 2. The molecule has 8 heteroatoms. The highest BCUT2D eigenvalue weighted by molar-refractivity contribution is 8.33. The lowest BCUT2D eigenvalue weighted by molar-refractivity contribution is -0.159. The average Bonchev–Trinajstić information content (AvgIpc) is 3.12. The van der Waals surface area contributed by atoms with Crippen LogP contribution in [0.25, 0.3) is 0 Å². The Morgan fingerprint density at radius 3 is 2.16 bits per heavy atom. The van der Waals surface area contributed by atoms with E-state index >= 15 is 0 Å². The molecule has 2 rings (SSSR count). The molecule has 0 fully saturated rings. The van der Waals surface area contributed by atoms with Crippen LogP contribution < -0.4 is 11.5 Å². The van der Waals surface area contributed by atoms with E-state index < -0.39 is 16.5 Å². The largest absolute Gasteiger partial charge is 0.460 e. The van der Waals surface area contributed by atoms with E-state index in [1.165, 1.54) is 8.47 Å². The fourth-order valence-electron chi connectivity index (χ4n) is 2.51. The van der Waals surface area contributed by atoms with Gasteiger partial charge in [-0.15, -0.1) is 0 Å². The van der Waals surface area contributed by atoms with Crippen LogP contribution in [0.2, 0.25) is 0 Å². The zero-order valence-corrected chi connectivity index (χ0v) is 18.5. The van der Waals surface area contributed by atoms with Gasteiger partial charge in [0.25, 0.3) is 0 Å². The molecule has 0 aromatic heterocycles. The topological polar surface area (TPSA) is 78.3 Å². The fourth-order valence-corrected chi connectivity index (χ4v) is 6.91. The molecule has 0 spiro atoms. The van der Waals surface area contributed by atoms with E-state index in [0.29, 0.717) is 6.42 Å². The molecule has 1 atom stereocenters. The van der Waals surface area contributed by atoms with Crippen molar-refractivity contribution in [2.24, 2.45) is 16.9 Å². The molecule has 1 unspecified atom stereocenters. The van der Waals surface area contributed by atoms with Gasteiger partial charge >= 0.3 is 5.97 Å². The molecular weight excluding hydrogens is 392 g/mol. The quantitative estimate of drug-likeness (QED) is 0.596. The number of thioether (sulfide) groups is 4. The summed E-state index contributed by atoms with van der Waals surface area (Å²) in [6.45, 7) is 9.62. The average molecular weight is 419 g/mol. The number of rotatable bonds is 6. The maximum absolute atomic E-state index is 12.9. The summed E-state index contributed by atoms with van der Waals surface area (Å²) < 4.78 is 8.17. The second kappa shape index (κ2) is 7.94. The van der Waals surface area contributed by atoms with Gasteiger partial charge in [-0.2, -0.15) is 0 Å². The normalized spacial score (nSPS) is 20.7. The van der Waals surface area contributed by atoms with Gasteiger partial charge in [0.05, 0.1) is 13.9 Å². The lowest BCUT2D eigenvalue weighted by Crippen LogP contribution is -2.58. The third-order valence-corrected chi connectivity index (χ3v) is 9.16. The molecule has 0 radical (unpaired) electrons. The number of carbonyl (C=O) groups is 1. The molecule has 0 bridgehead atoms. The minimum absolute atomic E-state index is 0.271. The molecule has 0 saturated heterocycles. The molecule has 0 aromatic rings. The van der Waals surface area contributed by atoms with Gasteiger partial charge < -0.3 is 16.2 Å². The predicted octanol–water partition coefficient (Wildman–Crippen LogP) is 4.80. The number of ether oxygens (including phenoxy) is 1. The molecule has 140 valence electrons. The monoisotopic (exact) mass is 418 g/mol. The van der Waals surface area contributed by atoms with Crippen LogP contribution in [0.3, 0.4) is 0 Å². The lowest BCUT2D eigenvalue weighted by atomic mass is 9.67. The van der Waals surface area contributed by atoms with Crippen molar-refractivity contribution in [1.82, 2.24) is 0 Å². The first-order chi connectivity index (χ1) is 11.4. The number of carbonyl (C=O) groups excluding carboxylic acids is 1. The fraction of sp³-hybridized carbons (Fsp3) is 0.588. The Kier molecular flexibility index (Phi) is 6.77. The number of esters is 1. The Morgan fingerprint density at radius 2 is 1.64 bits per heavy atom. The van der Waals surface area contributed by atoms with Crippen LogP contribution in [-0.2, 0) is 9.53 Å². The third kappa shape index (κ3) is 5.49. The molecule has 2 aliphatic heterocycles. The van der Waals surface area contributed by atoms with Gasteiger partial charge in [-0.1, -0.05) is 47.0 Å². The van der Waals surface area contributed by atoms with Gasteiger partial charge in [0.15, 0.2) is 0 Å². The Bertz CT molecular complexity index is 620. The van der Waals surface area contributed by atoms with Gasteiger partial charge in [0.2, 0.25) is 0 Å². The van der Waals surface area contributed by atoms with Gasteiger partial charge in [0, 0.05) is 16.0 Å². The van der Waals surface area contributed by atoms with Gasteiger partial charge in [0.1, 0.15) is 6.61 Å². The van der Waals surface area contributed by atoms with Crippen molar-refractivity contribution >= 4 is 53.0 Å². The van der Waals surface area contributed by atoms with E-state index in [-0.39, 0.29) is 12.6 Å². The van der Waals surface area contributed by atoms with Crippen LogP contribution >= 0.6 is 47.0 Å². The van der Waals surface area contributed by atoms with E-state index in [9.17, 15) is 4.79 Å². The Labute approximate surface area is 167 Å². The summed E-state index contributed by atoms with van der Waals surface area (Å²) in [4.78, 5) is 13.9. The Hall–Kier alpha value is 0.01000. The molecule has 2 aliphatic rings. The molecule has 4 nitrogen and oxygen atoms in total. The molecule has 0 aliphatic carbocycles. The van der Waals surface area contributed by atoms with Crippen LogP contribution in [-0.4, -0.2) is 23.7 Å². The Morgan fingerprint density at radius 1 is 1.04 bits per heavy atom. The summed E-state index contributed by atoms with van der Waals surface area (Å²) in [5, 5.41) is 6.21. The molecule has 25 heavy (non-hydrogen) atoms. The number of hydrogen-bond acceptors (Lipinski definition) is 8. The van der Waals surface area contributed by atoms with Crippen LogP contribution in [0.1, 0.15) is 41.0 Å². The van der Waals surface area contributed by atoms with Crippen molar-refractivity contribution in [1.29, 1.82) is 0 Å². The molecule has 0 amide bonds. The zero-order chi connectivity index (χ0) is 18.9. The third-order valence-electron chi connectivity index (χ3n) is 4.12. The second-order valence-corrected chi connectivity index (χ2v) is 12.0. The van der Waals surface area contributed by atoms with Crippen LogP contribution in [0.5, 0.6) is 0 Å². The minimum Gasteiger partial charge on any atom is -0.460 e. The van der Waals surface area contributed by atoms with E-state index in [4.69, 9.17) is 16.2 Å². The summed E-state index contributed by atoms with van der Waals surface area (Å²) in [7, 11) is 0. The zero-order valence-electron chi connectivity index (χ0n) is 15.3.